The molecule has 0 radical (unpaired) electrons. The second-order valence-corrected chi connectivity index (χ2v) is 4.95. The first kappa shape index (κ1) is 17.0. The van der Waals surface area contributed by atoms with Gasteiger partial charge in [-0.05, 0) is 24.3 Å². The second kappa shape index (κ2) is 7.28. The number of terminal acetylenes is 1. The molecule has 2 N–H and O–H groups in total. The number of methoxy groups -OCH3 is 1. The summed E-state index contributed by atoms with van der Waals surface area (Å²) in [6, 6.07) is 4.54. The highest BCUT2D eigenvalue weighted by molar-refractivity contribution is 6.08. The number of hydrogen-bond donors (Lipinski definition) is 2. The number of benzene rings is 1. The summed E-state index contributed by atoms with van der Waals surface area (Å²) < 4.78 is 4.57. The number of amides is 4. The third-order valence-electron chi connectivity index (χ3n) is 3.32. The van der Waals surface area contributed by atoms with Gasteiger partial charge in [0.15, 0.2) is 0 Å². The molecular formula is C16H15N3O5. The lowest BCUT2D eigenvalue weighted by Crippen LogP contribution is -2.38. The summed E-state index contributed by atoms with van der Waals surface area (Å²) in [5, 5.41) is 4.95. The maximum Gasteiger partial charge on any atom is 0.337 e. The van der Waals surface area contributed by atoms with Crippen LogP contribution in [0, 0.1) is 12.3 Å². The van der Waals surface area contributed by atoms with Crippen molar-refractivity contribution in [3.63, 3.8) is 0 Å². The van der Waals surface area contributed by atoms with E-state index in [1.54, 1.807) is 0 Å². The zero-order valence-corrected chi connectivity index (χ0v) is 12.9. The zero-order valence-electron chi connectivity index (χ0n) is 12.9. The van der Waals surface area contributed by atoms with Crippen LogP contribution in [-0.2, 0) is 14.3 Å². The summed E-state index contributed by atoms with van der Waals surface area (Å²) in [5.74, 6) is 0.716. The van der Waals surface area contributed by atoms with Gasteiger partial charge in [0, 0.05) is 12.1 Å². The summed E-state index contributed by atoms with van der Waals surface area (Å²) in [6.45, 7) is -0.426. The van der Waals surface area contributed by atoms with Crippen LogP contribution in [0.15, 0.2) is 24.3 Å². The summed E-state index contributed by atoms with van der Waals surface area (Å²) in [5.41, 5.74) is 0.751. The predicted octanol–water partition coefficient (Wildman–Crippen LogP) is 0.355. The molecule has 0 aliphatic carbocycles. The third kappa shape index (κ3) is 3.70. The minimum Gasteiger partial charge on any atom is -0.465 e. The molecule has 1 aliphatic heterocycles. The van der Waals surface area contributed by atoms with Crippen molar-refractivity contribution >= 4 is 29.5 Å². The van der Waals surface area contributed by atoms with Crippen LogP contribution in [0.25, 0.3) is 0 Å². The molecule has 1 heterocycles. The Balaban J connectivity index is 1.96. The first-order valence-corrected chi connectivity index (χ1v) is 7.00. The van der Waals surface area contributed by atoms with E-state index in [4.69, 9.17) is 6.42 Å². The van der Waals surface area contributed by atoms with E-state index in [0.29, 0.717) is 11.3 Å². The van der Waals surface area contributed by atoms with E-state index >= 15 is 0 Å². The normalized spacial score (nSPS) is 16.3. The molecule has 2 rings (SSSR count). The monoisotopic (exact) mass is 329 g/mol. The van der Waals surface area contributed by atoms with Crippen LogP contribution in [-0.4, -0.2) is 48.4 Å². The maximum absolute atomic E-state index is 12.0. The summed E-state index contributed by atoms with van der Waals surface area (Å²) in [4.78, 5) is 47.8. The highest BCUT2D eigenvalue weighted by atomic mass is 16.5. The lowest BCUT2D eigenvalue weighted by molar-refractivity contribution is -0.130. The molecule has 1 atom stereocenters. The molecule has 1 unspecified atom stereocenters. The van der Waals surface area contributed by atoms with E-state index in [-0.39, 0.29) is 6.42 Å². The number of ether oxygens (including phenoxy) is 1. The van der Waals surface area contributed by atoms with Crippen LogP contribution in [0.5, 0.6) is 0 Å². The number of anilines is 1. The van der Waals surface area contributed by atoms with E-state index in [0.717, 1.165) is 4.90 Å². The van der Waals surface area contributed by atoms with Gasteiger partial charge in [-0.2, -0.15) is 0 Å². The van der Waals surface area contributed by atoms with Gasteiger partial charge >= 0.3 is 12.0 Å². The van der Waals surface area contributed by atoms with Crippen molar-refractivity contribution in [3.8, 4) is 12.3 Å². The Morgan fingerprint density at radius 3 is 2.58 bits per heavy atom. The minimum absolute atomic E-state index is 0.0671. The van der Waals surface area contributed by atoms with Gasteiger partial charge in [-0.15, -0.1) is 12.3 Å². The van der Waals surface area contributed by atoms with Crippen LogP contribution < -0.4 is 10.6 Å². The van der Waals surface area contributed by atoms with Crippen molar-refractivity contribution in [1.82, 2.24) is 10.2 Å². The number of hydrogen-bond acceptors (Lipinski definition) is 5. The molecule has 1 aromatic rings. The SMILES string of the molecule is C#CCC1NC(=O)N(CC(=O)Nc2ccc(C(=O)OC)cc2)C1=O. The smallest absolute Gasteiger partial charge is 0.337 e. The Morgan fingerprint density at radius 1 is 1.33 bits per heavy atom. The van der Waals surface area contributed by atoms with E-state index < -0.39 is 36.4 Å². The van der Waals surface area contributed by atoms with Gasteiger partial charge in [-0.1, -0.05) is 0 Å². The molecule has 0 aromatic heterocycles. The van der Waals surface area contributed by atoms with Crippen molar-refractivity contribution in [3.05, 3.63) is 29.8 Å². The molecule has 0 bridgehead atoms. The van der Waals surface area contributed by atoms with Gasteiger partial charge in [-0.3, -0.25) is 14.5 Å². The van der Waals surface area contributed by atoms with Crippen molar-refractivity contribution in [1.29, 1.82) is 0 Å². The Hall–Kier alpha value is -3.34. The maximum atomic E-state index is 12.0. The number of carbonyl (C=O) groups is 4. The minimum atomic E-state index is -0.797. The quantitative estimate of drug-likeness (QED) is 0.461. The fourth-order valence-electron chi connectivity index (χ4n) is 2.13. The number of nitrogens with zero attached hydrogens (tertiary/aromatic N) is 1. The average molecular weight is 329 g/mol. The van der Waals surface area contributed by atoms with E-state index in [9.17, 15) is 19.2 Å². The Bertz CT molecular complexity index is 720. The van der Waals surface area contributed by atoms with Crippen LogP contribution in [0.1, 0.15) is 16.8 Å². The second-order valence-electron chi connectivity index (χ2n) is 4.95. The van der Waals surface area contributed by atoms with Gasteiger partial charge in [0.2, 0.25) is 5.91 Å². The number of nitrogens with one attached hydrogen (secondary N) is 2. The highest BCUT2D eigenvalue weighted by Crippen LogP contribution is 2.12. The van der Waals surface area contributed by atoms with Crippen LogP contribution in [0.4, 0.5) is 10.5 Å². The Kier molecular flexibility index (Phi) is 5.16. The molecule has 124 valence electrons. The van der Waals surface area contributed by atoms with E-state index in [1.807, 2.05) is 0 Å². The summed E-state index contributed by atoms with van der Waals surface area (Å²) in [7, 11) is 1.27. The molecule has 8 heteroatoms. The lowest BCUT2D eigenvalue weighted by atomic mass is 10.2. The first-order chi connectivity index (χ1) is 11.5. The Morgan fingerprint density at radius 2 is 2.00 bits per heavy atom. The standard InChI is InChI=1S/C16H15N3O5/c1-3-4-12-14(21)19(16(23)18-12)9-13(20)17-11-7-5-10(6-8-11)15(22)24-2/h1,5-8,12H,4,9H2,2H3,(H,17,20)(H,18,23). The molecule has 24 heavy (non-hydrogen) atoms. The van der Waals surface area contributed by atoms with E-state index in [1.165, 1.54) is 31.4 Å². The molecule has 0 saturated carbocycles. The fourth-order valence-corrected chi connectivity index (χ4v) is 2.13. The Labute approximate surface area is 138 Å². The van der Waals surface area contributed by atoms with Gasteiger partial charge in [0.05, 0.1) is 12.7 Å². The van der Waals surface area contributed by atoms with Gasteiger partial charge in [0.25, 0.3) is 5.91 Å². The summed E-state index contributed by atoms with van der Waals surface area (Å²) in [6.07, 6.45) is 5.19. The van der Waals surface area contributed by atoms with Crippen molar-refractivity contribution < 1.29 is 23.9 Å². The molecule has 1 saturated heterocycles. The van der Waals surface area contributed by atoms with Crippen molar-refractivity contribution in [2.24, 2.45) is 0 Å². The lowest BCUT2D eigenvalue weighted by Gasteiger charge is -2.12. The third-order valence-corrected chi connectivity index (χ3v) is 3.32. The van der Waals surface area contributed by atoms with Gasteiger partial charge in [0.1, 0.15) is 12.6 Å². The fraction of sp³-hybridized carbons (Fsp3) is 0.250. The molecule has 4 amide bonds. The number of esters is 1. The molecule has 0 spiro atoms. The van der Waals surface area contributed by atoms with Crippen molar-refractivity contribution in [2.75, 3.05) is 19.0 Å². The highest BCUT2D eigenvalue weighted by Gasteiger charge is 2.38. The number of urea groups is 1. The molecule has 1 aromatic carbocycles. The largest absolute Gasteiger partial charge is 0.465 e. The first-order valence-electron chi connectivity index (χ1n) is 7.00. The topological polar surface area (TPSA) is 105 Å². The average Bonchev–Trinajstić information content (AvgIpc) is 2.83. The summed E-state index contributed by atoms with van der Waals surface area (Å²) >= 11 is 0. The molecular weight excluding hydrogens is 314 g/mol. The number of imide groups is 1. The number of carbonyl (C=O) groups excluding carboxylic acids is 4. The molecule has 1 fully saturated rings. The molecule has 8 nitrogen and oxygen atoms in total. The van der Waals surface area contributed by atoms with Gasteiger partial charge < -0.3 is 15.4 Å². The number of rotatable bonds is 5. The zero-order chi connectivity index (χ0) is 17.7. The predicted molar refractivity (Wildman–Crippen MR) is 83.9 cm³/mol. The van der Waals surface area contributed by atoms with Crippen LogP contribution in [0.2, 0.25) is 0 Å². The van der Waals surface area contributed by atoms with Gasteiger partial charge in [-0.25, -0.2) is 9.59 Å². The van der Waals surface area contributed by atoms with Crippen LogP contribution in [0.3, 0.4) is 0 Å². The van der Waals surface area contributed by atoms with Crippen LogP contribution >= 0.6 is 0 Å². The molecule has 1 aliphatic rings. The van der Waals surface area contributed by atoms with E-state index in [2.05, 4.69) is 21.3 Å². The van der Waals surface area contributed by atoms with Crippen molar-refractivity contribution in [2.45, 2.75) is 12.5 Å².